The zero-order chi connectivity index (χ0) is 19.4. The van der Waals surface area contributed by atoms with Crippen LogP contribution in [0.2, 0.25) is 0 Å². The van der Waals surface area contributed by atoms with E-state index in [9.17, 15) is 31.1 Å². The van der Waals surface area contributed by atoms with Crippen LogP contribution < -0.4 is 0 Å². The lowest BCUT2D eigenvalue weighted by Crippen LogP contribution is -2.36. The Bertz CT molecular complexity index is 727. The number of nitrogens with zero attached hydrogens (tertiary/aromatic N) is 2. The van der Waals surface area contributed by atoms with Crippen LogP contribution in [0, 0.1) is 5.92 Å². The second-order valence-corrected chi connectivity index (χ2v) is 6.98. The fourth-order valence-corrected chi connectivity index (χ4v) is 3.85. The molecule has 0 spiro atoms. The van der Waals surface area contributed by atoms with Gasteiger partial charge < -0.3 is 4.90 Å². The summed E-state index contributed by atoms with van der Waals surface area (Å²) in [6.45, 7) is 1.40. The van der Waals surface area contributed by atoms with Crippen LogP contribution in [0.5, 0.6) is 0 Å². The van der Waals surface area contributed by atoms with Crippen molar-refractivity contribution in [2.45, 2.75) is 44.8 Å². The molecule has 0 radical (unpaired) electrons. The Balaban J connectivity index is 1.92. The largest absolute Gasteiger partial charge is 0.416 e. The number of hydrogen-bond acceptors (Lipinski definition) is 2. The van der Waals surface area contributed by atoms with Crippen LogP contribution in [0.15, 0.2) is 12.1 Å². The second kappa shape index (κ2) is 6.14. The normalized spacial score (nSPS) is 24.5. The lowest BCUT2D eigenvalue weighted by molar-refractivity contribution is -0.179. The number of likely N-dealkylation sites (tertiary alicyclic amines) is 1. The zero-order valence-electron chi connectivity index (χ0n) is 14.2. The van der Waals surface area contributed by atoms with E-state index in [1.165, 1.54) is 29.8 Å². The summed E-state index contributed by atoms with van der Waals surface area (Å²) in [6, 6.07) is 1.51. The van der Waals surface area contributed by atoms with Crippen molar-refractivity contribution in [1.82, 2.24) is 9.80 Å². The number of halogens is 6. The van der Waals surface area contributed by atoms with E-state index in [1.54, 1.807) is 0 Å². The van der Waals surface area contributed by atoms with Crippen LogP contribution in [0.25, 0.3) is 0 Å². The maximum absolute atomic E-state index is 13.4. The highest BCUT2D eigenvalue weighted by atomic mass is 19.4. The van der Waals surface area contributed by atoms with Crippen molar-refractivity contribution in [3.63, 3.8) is 0 Å². The Labute approximate surface area is 146 Å². The first-order valence-corrected chi connectivity index (χ1v) is 8.19. The van der Waals surface area contributed by atoms with Gasteiger partial charge in [-0.3, -0.25) is 9.69 Å². The first-order chi connectivity index (χ1) is 11.9. The Morgan fingerprint density at radius 2 is 1.81 bits per heavy atom. The number of amides is 1. The van der Waals surface area contributed by atoms with E-state index < -0.39 is 35.8 Å². The van der Waals surface area contributed by atoms with Gasteiger partial charge in [-0.25, -0.2) is 0 Å². The van der Waals surface area contributed by atoms with Gasteiger partial charge in [0.25, 0.3) is 5.91 Å². The fourth-order valence-electron chi connectivity index (χ4n) is 3.85. The average Bonchev–Trinajstić information content (AvgIpc) is 2.99. The Kier molecular flexibility index (Phi) is 4.49. The highest BCUT2D eigenvalue weighted by Gasteiger charge is 2.48. The molecule has 3 rings (SSSR count). The second-order valence-electron chi connectivity index (χ2n) is 6.98. The number of benzene rings is 1. The molecule has 0 bridgehead atoms. The van der Waals surface area contributed by atoms with Crippen molar-refractivity contribution >= 4 is 5.91 Å². The van der Waals surface area contributed by atoms with Crippen LogP contribution in [0.1, 0.15) is 40.4 Å². The first kappa shape index (κ1) is 19.0. The molecule has 0 N–H and O–H groups in total. The van der Waals surface area contributed by atoms with Crippen molar-refractivity contribution in [2.75, 3.05) is 13.6 Å². The van der Waals surface area contributed by atoms with Gasteiger partial charge in [0.05, 0.1) is 11.5 Å². The Morgan fingerprint density at radius 1 is 1.15 bits per heavy atom. The average molecular weight is 380 g/mol. The Morgan fingerprint density at radius 3 is 2.35 bits per heavy atom. The first-order valence-electron chi connectivity index (χ1n) is 8.19. The van der Waals surface area contributed by atoms with E-state index in [-0.39, 0.29) is 42.7 Å². The van der Waals surface area contributed by atoms with Gasteiger partial charge >= 0.3 is 12.4 Å². The molecule has 9 heteroatoms. The van der Waals surface area contributed by atoms with Gasteiger partial charge in [0.15, 0.2) is 0 Å². The number of rotatable bonds is 2. The van der Waals surface area contributed by atoms with Crippen LogP contribution in [0.3, 0.4) is 0 Å². The quantitative estimate of drug-likeness (QED) is 0.723. The molecular weight excluding hydrogens is 362 g/mol. The number of fused-ring (bicyclic) bond motifs is 1. The molecule has 1 amide bonds. The van der Waals surface area contributed by atoms with E-state index in [0.717, 1.165) is 6.07 Å². The van der Waals surface area contributed by atoms with Crippen molar-refractivity contribution < 1.29 is 31.1 Å². The van der Waals surface area contributed by atoms with Crippen molar-refractivity contribution in [1.29, 1.82) is 0 Å². The molecule has 1 aromatic rings. The minimum atomic E-state index is -4.63. The van der Waals surface area contributed by atoms with Crippen LogP contribution in [-0.4, -0.2) is 41.5 Å². The lowest BCUT2D eigenvalue weighted by Gasteiger charge is -2.26. The van der Waals surface area contributed by atoms with E-state index in [1.807, 2.05) is 0 Å². The molecule has 1 saturated heterocycles. The third-order valence-electron chi connectivity index (χ3n) is 5.28. The van der Waals surface area contributed by atoms with Gasteiger partial charge in [0.2, 0.25) is 0 Å². The molecule has 144 valence electrons. The zero-order valence-corrected chi connectivity index (χ0v) is 14.2. The minimum absolute atomic E-state index is 0.0171. The number of hydrogen-bond donors (Lipinski definition) is 0. The van der Waals surface area contributed by atoms with E-state index in [2.05, 4.69) is 0 Å². The molecule has 2 heterocycles. The summed E-state index contributed by atoms with van der Waals surface area (Å²) in [4.78, 5) is 14.8. The predicted molar refractivity (Wildman–Crippen MR) is 81.3 cm³/mol. The van der Waals surface area contributed by atoms with Crippen molar-refractivity contribution in [3.8, 4) is 0 Å². The molecule has 3 nitrogen and oxygen atoms in total. The number of alkyl halides is 6. The van der Waals surface area contributed by atoms with E-state index in [4.69, 9.17) is 0 Å². The molecule has 2 unspecified atom stereocenters. The summed E-state index contributed by atoms with van der Waals surface area (Å²) in [5.41, 5.74) is -0.774. The van der Waals surface area contributed by atoms with Gasteiger partial charge in [-0.1, -0.05) is 0 Å². The van der Waals surface area contributed by atoms with Gasteiger partial charge in [-0.2, -0.15) is 26.3 Å². The number of carbonyl (C=O) groups excluding carboxylic acids is 1. The molecule has 2 atom stereocenters. The summed E-state index contributed by atoms with van der Waals surface area (Å²) in [5, 5.41) is 0. The van der Waals surface area contributed by atoms with E-state index in [0.29, 0.717) is 0 Å². The summed E-state index contributed by atoms with van der Waals surface area (Å²) in [7, 11) is 1.42. The molecule has 1 aromatic carbocycles. The standard InChI is InChI=1S/C17H18F6N2O/c1-9-13(16(18,19)20)3-4-25(9)7-10-5-11-12(8-24(2)15(11)26)14(6-10)17(21,22)23/h5-6,9,13H,3-4,7-8H2,1-2H3. The minimum Gasteiger partial charge on any atom is -0.337 e. The van der Waals surface area contributed by atoms with Gasteiger partial charge in [-0.05, 0) is 43.1 Å². The van der Waals surface area contributed by atoms with Crippen LogP contribution >= 0.6 is 0 Å². The molecule has 1 fully saturated rings. The molecule has 0 aliphatic carbocycles. The summed E-state index contributed by atoms with van der Waals surface area (Å²) < 4.78 is 79.2. The summed E-state index contributed by atoms with van der Waals surface area (Å²) in [6.07, 6.45) is -9.04. The van der Waals surface area contributed by atoms with Gasteiger partial charge in [0.1, 0.15) is 0 Å². The maximum atomic E-state index is 13.4. The predicted octanol–water partition coefficient (Wildman–Crippen LogP) is 4.06. The number of carbonyl (C=O) groups is 1. The molecule has 26 heavy (non-hydrogen) atoms. The summed E-state index contributed by atoms with van der Waals surface area (Å²) >= 11 is 0. The van der Waals surface area contributed by atoms with Crippen molar-refractivity contribution in [2.24, 2.45) is 5.92 Å². The SMILES string of the molecule is CC1C(C(F)(F)F)CCN1Cc1cc2c(c(C(F)(F)F)c1)CN(C)C2=O. The van der Waals surface area contributed by atoms with Crippen LogP contribution in [-0.2, 0) is 19.3 Å². The molecule has 0 aromatic heterocycles. The summed E-state index contributed by atoms with van der Waals surface area (Å²) in [5.74, 6) is -2.00. The van der Waals surface area contributed by atoms with E-state index >= 15 is 0 Å². The molecule has 0 saturated carbocycles. The third kappa shape index (κ3) is 3.28. The highest BCUT2D eigenvalue weighted by molar-refractivity contribution is 5.98. The lowest BCUT2D eigenvalue weighted by atomic mass is 9.98. The van der Waals surface area contributed by atoms with Crippen LogP contribution in [0.4, 0.5) is 26.3 Å². The van der Waals surface area contributed by atoms with Gasteiger partial charge in [-0.15, -0.1) is 0 Å². The van der Waals surface area contributed by atoms with Gasteiger partial charge in [0, 0.05) is 31.7 Å². The monoisotopic (exact) mass is 380 g/mol. The topological polar surface area (TPSA) is 23.6 Å². The highest BCUT2D eigenvalue weighted by Crippen LogP contribution is 2.40. The fraction of sp³-hybridized carbons (Fsp3) is 0.588. The smallest absolute Gasteiger partial charge is 0.337 e. The third-order valence-corrected chi connectivity index (χ3v) is 5.28. The molecule has 2 aliphatic heterocycles. The Hall–Kier alpha value is -1.77. The molecule has 2 aliphatic rings. The van der Waals surface area contributed by atoms with Crippen molar-refractivity contribution in [3.05, 3.63) is 34.4 Å². The maximum Gasteiger partial charge on any atom is 0.416 e. The molecular formula is C17H18F6N2O.